The van der Waals surface area contributed by atoms with Crippen molar-refractivity contribution in [2.75, 3.05) is 0 Å². The summed E-state index contributed by atoms with van der Waals surface area (Å²) in [7, 11) is 0. The molecule has 1 aromatic carbocycles. The first-order chi connectivity index (χ1) is 7.45. The van der Waals surface area contributed by atoms with Crippen molar-refractivity contribution in [1.29, 1.82) is 0 Å². The Kier molecular flexibility index (Phi) is 3.13. The molecule has 2 heterocycles. The molecule has 3 rings (SSSR count). The minimum absolute atomic E-state index is 0. The zero-order valence-electron chi connectivity index (χ0n) is 8.29. The van der Waals surface area contributed by atoms with Gasteiger partial charge in [-0.05, 0) is 11.6 Å². The van der Waals surface area contributed by atoms with E-state index in [1.54, 1.807) is 6.20 Å². The first kappa shape index (κ1) is 11.0. The van der Waals surface area contributed by atoms with Crippen molar-refractivity contribution in [3.8, 4) is 5.82 Å². The molecule has 1 radical (unpaired) electrons. The number of benzene rings is 1. The van der Waals surface area contributed by atoms with Crippen LogP contribution in [-0.2, 0) is 20.1 Å². The number of nitrogens with zero attached hydrogens (tertiary/aromatic N) is 3. The fourth-order valence-corrected chi connectivity index (χ4v) is 1.57. The molecule has 2 aromatic heterocycles. The average Bonchev–Trinajstić information content (AvgIpc) is 2.74. The number of hydrogen-bond donors (Lipinski definition) is 0. The summed E-state index contributed by atoms with van der Waals surface area (Å²) in [5.74, 6) is 0.839. The smallest absolute Gasteiger partial charge is 0.0552 e. The number of pyridine rings is 1. The molecule has 0 amide bonds. The van der Waals surface area contributed by atoms with Gasteiger partial charge in [0.25, 0.3) is 0 Å². The van der Waals surface area contributed by atoms with Gasteiger partial charge in [-0.15, -0.1) is 0 Å². The number of rotatable bonds is 1. The summed E-state index contributed by atoms with van der Waals surface area (Å²) >= 11 is 0. The summed E-state index contributed by atoms with van der Waals surface area (Å²) in [5, 5.41) is 0. The zero-order valence-corrected chi connectivity index (χ0v) is 10.7. The first-order valence-corrected chi connectivity index (χ1v) is 4.72. The summed E-state index contributed by atoms with van der Waals surface area (Å²) in [6.07, 6.45) is 4.70. The Balaban J connectivity index is 0.000000963. The average molecular weight is 386 g/mol. The maximum Gasteiger partial charge on any atom is 0.0552 e. The maximum atomic E-state index is 4.26. The van der Waals surface area contributed by atoms with Crippen LogP contribution in [0.15, 0.2) is 48.7 Å². The SMILES string of the molecule is [Ir].[c-]1nc2ccccc2n1-c1ccccn1. The molecule has 0 bridgehead atoms. The van der Waals surface area contributed by atoms with E-state index in [1.807, 2.05) is 47.0 Å². The maximum absolute atomic E-state index is 4.26. The molecule has 0 N–H and O–H groups in total. The van der Waals surface area contributed by atoms with E-state index in [4.69, 9.17) is 0 Å². The predicted octanol–water partition coefficient (Wildman–Crippen LogP) is 2.22. The van der Waals surface area contributed by atoms with Crippen LogP contribution >= 0.6 is 0 Å². The molecule has 3 nitrogen and oxygen atoms in total. The molecule has 0 aliphatic carbocycles. The van der Waals surface area contributed by atoms with Crippen LogP contribution in [0.4, 0.5) is 0 Å². The van der Waals surface area contributed by atoms with Crippen molar-refractivity contribution >= 4 is 11.0 Å². The molecule has 3 aromatic rings. The quantitative estimate of drug-likeness (QED) is 0.601. The topological polar surface area (TPSA) is 30.7 Å². The molecule has 0 atom stereocenters. The summed E-state index contributed by atoms with van der Waals surface area (Å²) in [6.45, 7) is 0. The van der Waals surface area contributed by atoms with Gasteiger partial charge < -0.3 is 9.55 Å². The van der Waals surface area contributed by atoms with Crippen LogP contribution in [-0.4, -0.2) is 14.5 Å². The number of fused-ring (bicyclic) bond motifs is 1. The standard InChI is InChI=1S/C12H8N3.Ir/c1-2-6-11-10(5-1)14-9-15(11)12-7-3-4-8-13-12;/h1-8H;/q-1;. The van der Waals surface area contributed by atoms with Crippen molar-refractivity contribution in [1.82, 2.24) is 14.5 Å². The zero-order chi connectivity index (χ0) is 10.1. The molecular weight excluding hydrogens is 378 g/mol. The van der Waals surface area contributed by atoms with Gasteiger partial charge in [-0.25, -0.2) is 0 Å². The molecule has 0 unspecified atom stereocenters. The Labute approximate surface area is 107 Å². The van der Waals surface area contributed by atoms with Gasteiger partial charge in [0, 0.05) is 32.6 Å². The molecule has 0 saturated heterocycles. The largest absolute Gasteiger partial charge is 0.411 e. The van der Waals surface area contributed by atoms with Crippen LogP contribution in [0.3, 0.4) is 0 Å². The number of aromatic nitrogens is 3. The van der Waals surface area contributed by atoms with E-state index in [1.165, 1.54) is 0 Å². The van der Waals surface area contributed by atoms with Gasteiger partial charge in [0.05, 0.1) is 5.82 Å². The van der Waals surface area contributed by atoms with Gasteiger partial charge in [-0.3, -0.25) is 4.98 Å². The van der Waals surface area contributed by atoms with E-state index >= 15 is 0 Å². The fraction of sp³-hybridized carbons (Fsp3) is 0. The van der Waals surface area contributed by atoms with Crippen LogP contribution in [0, 0.1) is 6.33 Å². The summed E-state index contributed by atoms with van der Waals surface area (Å²) in [5.41, 5.74) is 1.96. The van der Waals surface area contributed by atoms with Gasteiger partial charge in [0.2, 0.25) is 0 Å². The van der Waals surface area contributed by atoms with Gasteiger partial charge in [0.1, 0.15) is 0 Å². The van der Waals surface area contributed by atoms with Crippen LogP contribution in [0.1, 0.15) is 0 Å². The Morgan fingerprint density at radius 2 is 1.81 bits per heavy atom. The fourth-order valence-electron chi connectivity index (χ4n) is 1.57. The molecule has 0 fully saturated rings. The monoisotopic (exact) mass is 387 g/mol. The third-order valence-corrected chi connectivity index (χ3v) is 2.27. The van der Waals surface area contributed by atoms with E-state index < -0.39 is 0 Å². The third kappa shape index (κ3) is 1.77. The van der Waals surface area contributed by atoms with Crippen LogP contribution in [0.25, 0.3) is 16.9 Å². The normalized spacial score (nSPS) is 10.0. The van der Waals surface area contributed by atoms with E-state index in [0.29, 0.717) is 0 Å². The third-order valence-electron chi connectivity index (χ3n) is 2.27. The minimum Gasteiger partial charge on any atom is -0.411 e. The number of para-hydroxylation sites is 2. The Bertz CT molecular complexity index is 589. The molecule has 0 aliphatic rings. The second kappa shape index (κ2) is 4.56. The molecule has 4 heteroatoms. The van der Waals surface area contributed by atoms with E-state index in [9.17, 15) is 0 Å². The van der Waals surface area contributed by atoms with Crippen LogP contribution in [0.2, 0.25) is 0 Å². The first-order valence-electron chi connectivity index (χ1n) is 4.72. The molecule has 81 valence electrons. The summed E-state index contributed by atoms with van der Waals surface area (Å²) in [4.78, 5) is 8.46. The summed E-state index contributed by atoms with van der Waals surface area (Å²) < 4.78 is 1.86. The van der Waals surface area contributed by atoms with Gasteiger partial charge in [-0.1, -0.05) is 41.9 Å². The van der Waals surface area contributed by atoms with Gasteiger partial charge in [0.15, 0.2) is 0 Å². The van der Waals surface area contributed by atoms with Crippen LogP contribution in [0.5, 0.6) is 0 Å². The van der Waals surface area contributed by atoms with Crippen molar-refractivity contribution in [2.45, 2.75) is 0 Å². The van der Waals surface area contributed by atoms with Crippen molar-refractivity contribution in [2.24, 2.45) is 0 Å². The Morgan fingerprint density at radius 1 is 1.00 bits per heavy atom. The van der Waals surface area contributed by atoms with Gasteiger partial charge in [-0.2, -0.15) is 0 Å². The molecular formula is C12H8IrN3-. The second-order valence-corrected chi connectivity index (χ2v) is 3.22. The predicted molar refractivity (Wildman–Crippen MR) is 57.7 cm³/mol. The van der Waals surface area contributed by atoms with Crippen LogP contribution < -0.4 is 0 Å². The molecule has 0 aliphatic heterocycles. The number of hydrogen-bond acceptors (Lipinski definition) is 2. The second-order valence-electron chi connectivity index (χ2n) is 3.22. The molecule has 0 saturated carbocycles. The van der Waals surface area contributed by atoms with Crippen molar-refractivity contribution < 1.29 is 20.1 Å². The van der Waals surface area contributed by atoms with Gasteiger partial charge >= 0.3 is 0 Å². The van der Waals surface area contributed by atoms with Crippen molar-refractivity contribution in [3.05, 3.63) is 55.0 Å². The Hall–Kier alpha value is -1.51. The summed E-state index contributed by atoms with van der Waals surface area (Å²) in [6, 6.07) is 13.7. The van der Waals surface area contributed by atoms with E-state index in [0.717, 1.165) is 16.9 Å². The molecule has 0 spiro atoms. The minimum atomic E-state index is 0. The Morgan fingerprint density at radius 3 is 2.62 bits per heavy atom. The van der Waals surface area contributed by atoms with E-state index in [-0.39, 0.29) is 20.1 Å². The number of imidazole rings is 1. The van der Waals surface area contributed by atoms with E-state index in [2.05, 4.69) is 16.3 Å². The molecule has 16 heavy (non-hydrogen) atoms. The van der Waals surface area contributed by atoms with Crippen molar-refractivity contribution in [3.63, 3.8) is 0 Å².